The molecule has 1 unspecified atom stereocenters. The van der Waals surface area contributed by atoms with Crippen molar-refractivity contribution in [2.24, 2.45) is 0 Å². The van der Waals surface area contributed by atoms with E-state index >= 15 is 0 Å². The van der Waals surface area contributed by atoms with Crippen molar-refractivity contribution in [1.29, 1.82) is 0 Å². The number of rotatable bonds is 6. The van der Waals surface area contributed by atoms with Crippen LogP contribution >= 0.6 is 0 Å². The Bertz CT molecular complexity index is 660. The number of carbonyl (C=O) groups excluding carboxylic acids is 3. The highest BCUT2D eigenvalue weighted by molar-refractivity contribution is 5.96. The highest BCUT2D eigenvalue weighted by Crippen LogP contribution is 2.32. The van der Waals surface area contributed by atoms with E-state index in [1.807, 2.05) is 32.0 Å². The summed E-state index contributed by atoms with van der Waals surface area (Å²) in [5.74, 6) is -0.124. The summed E-state index contributed by atoms with van der Waals surface area (Å²) in [6.07, 6.45) is 0.950. The molecule has 1 aliphatic heterocycles. The maximum absolute atomic E-state index is 12.6. The lowest BCUT2D eigenvalue weighted by Gasteiger charge is -2.35. The number of anilines is 1. The Kier molecular flexibility index (Phi) is 6.82. The molecule has 0 saturated carbocycles. The molecule has 0 saturated heterocycles. The summed E-state index contributed by atoms with van der Waals surface area (Å²) in [5.41, 5.74) is 0.714. The van der Waals surface area contributed by atoms with Crippen LogP contribution < -0.4 is 25.6 Å². The monoisotopic (exact) mass is 362 g/mol. The quantitative estimate of drug-likeness (QED) is 0.701. The van der Waals surface area contributed by atoms with E-state index in [9.17, 15) is 14.4 Å². The predicted octanol–water partition coefficient (Wildman–Crippen LogP) is 1.01. The van der Waals surface area contributed by atoms with Crippen LogP contribution in [0.3, 0.4) is 0 Å². The van der Waals surface area contributed by atoms with Crippen molar-refractivity contribution in [3.05, 3.63) is 24.3 Å². The van der Waals surface area contributed by atoms with E-state index in [-0.39, 0.29) is 25.0 Å². The van der Waals surface area contributed by atoms with Crippen LogP contribution in [0.25, 0.3) is 0 Å². The van der Waals surface area contributed by atoms with E-state index in [0.29, 0.717) is 11.4 Å². The molecular weight excluding hydrogens is 336 g/mol. The number of hydrogen-bond donors (Lipinski definition) is 3. The average molecular weight is 362 g/mol. The zero-order valence-corrected chi connectivity index (χ0v) is 15.4. The predicted molar refractivity (Wildman–Crippen MR) is 98.2 cm³/mol. The zero-order chi connectivity index (χ0) is 19.1. The van der Waals surface area contributed by atoms with Crippen molar-refractivity contribution in [3.63, 3.8) is 0 Å². The van der Waals surface area contributed by atoms with Gasteiger partial charge in [0.25, 0.3) is 5.91 Å². The van der Waals surface area contributed by atoms with Gasteiger partial charge in [-0.1, -0.05) is 26.0 Å². The van der Waals surface area contributed by atoms with Crippen LogP contribution in [0.4, 0.5) is 10.5 Å². The Morgan fingerprint density at radius 2 is 1.92 bits per heavy atom. The molecule has 1 aromatic carbocycles. The first-order valence-corrected chi connectivity index (χ1v) is 8.81. The molecule has 0 bridgehead atoms. The third kappa shape index (κ3) is 4.87. The second kappa shape index (κ2) is 9.07. The molecule has 0 aromatic heterocycles. The highest BCUT2D eigenvalue weighted by Gasteiger charge is 2.32. The van der Waals surface area contributed by atoms with Crippen LogP contribution in [-0.2, 0) is 9.59 Å². The van der Waals surface area contributed by atoms with Crippen LogP contribution in [0.2, 0.25) is 0 Å². The molecule has 3 N–H and O–H groups in total. The summed E-state index contributed by atoms with van der Waals surface area (Å²) in [5, 5.41) is 7.54. The minimum Gasteiger partial charge on any atom is -0.477 e. The van der Waals surface area contributed by atoms with Gasteiger partial charge in [-0.05, 0) is 25.0 Å². The lowest BCUT2D eigenvalue weighted by atomic mass is 10.1. The molecule has 1 heterocycles. The minimum absolute atomic E-state index is 0.0530. The molecule has 0 spiro atoms. The first kappa shape index (κ1) is 19.6. The van der Waals surface area contributed by atoms with Crippen molar-refractivity contribution < 1.29 is 19.1 Å². The van der Waals surface area contributed by atoms with E-state index in [4.69, 9.17) is 4.74 Å². The molecule has 4 amide bonds. The molecular formula is C18H26N4O4. The molecule has 142 valence electrons. The molecule has 1 aliphatic rings. The van der Waals surface area contributed by atoms with Gasteiger partial charge in [0.2, 0.25) is 5.91 Å². The molecule has 8 heteroatoms. The zero-order valence-electron chi connectivity index (χ0n) is 15.4. The Morgan fingerprint density at radius 1 is 1.23 bits per heavy atom. The van der Waals surface area contributed by atoms with Gasteiger partial charge in [0, 0.05) is 13.1 Å². The summed E-state index contributed by atoms with van der Waals surface area (Å²) in [6, 6.07) is 6.74. The summed E-state index contributed by atoms with van der Waals surface area (Å²) < 4.78 is 5.83. The number of amides is 4. The topological polar surface area (TPSA) is 99.8 Å². The van der Waals surface area contributed by atoms with Gasteiger partial charge in [0.05, 0.1) is 18.8 Å². The van der Waals surface area contributed by atoms with E-state index in [0.717, 1.165) is 12.8 Å². The Hall–Kier alpha value is -2.77. The summed E-state index contributed by atoms with van der Waals surface area (Å²) in [4.78, 5) is 37.7. The fourth-order valence-corrected chi connectivity index (χ4v) is 2.78. The molecule has 2 rings (SSSR count). The Labute approximate surface area is 153 Å². The fraction of sp³-hybridized carbons (Fsp3) is 0.500. The first-order chi connectivity index (χ1) is 12.5. The van der Waals surface area contributed by atoms with Gasteiger partial charge in [-0.25, -0.2) is 4.79 Å². The number of fused-ring (bicyclic) bond motifs is 1. The third-order valence-electron chi connectivity index (χ3n) is 4.30. The van der Waals surface area contributed by atoms with Crippen LogP contribution in [0.5, 0.6) is 5.75 Å². The number of nitrogens with zero attached hydrogens (tertiary/aromatic N) is 1. The van der Waals surface area contributed by atoms with Crippen LogP contribution in [0.15, 0.2) is 24.3 Å². The smallest absolute Gasteiger partial charge is 0.321 e. The second-order valence-electron chi connectivity index (χ2n) is 6.10. The average Bonchev–Trinajstić information content (AvgIpc) is 2.65. The lowest BCUT2D eigenvalue weighted by Crippen LogP contribution is -2.53. The normalized spacial score (nSPS) is 15.7. The van der Waals surface area contributed by atoms with Crippen LogP contribution in [0.1, 0.15) is 26.7 Å². The number of para-hydroxylation sites is 2. The van der Waals surface area contributed by atoms with Crippen molar-refractivity contribution in [1.82, 2.24) is 16.0 Å². The Balaban J connectivity index is 2.13. The van der Waals surface area contributed by atoms with E-state index in [1.54, 1.807) is 11.0 Å². The second-order valence-corrected chi connectivity index (χ2v) is 6.10. The van der Waals surface area contributed by atoms with Gasteiger partial charge in [0.1, 0.15) is 5.75 Å². The molecule has 8 nitrogen and oxygen atoms in total. The van der Waals surface area contributed by atoms with E-state index in [2.05, 4.69) is 16.0 Å². The molecule has 26 heavy (non-hydrogen) atoms. The molecule has 1 aromatic rings. The maximum atomic E-state index is 12.6. The summed E-state index contributed by atoms with van der Waals surface area (Å²) in [7, 11) is 1.44. The van der Waals surface area contributed by atoms with Gasteiger partial charge >= 0.3 is 6.03 Å². The molecule has 0 radical (unpaired) electrons. The van der Waals surface area contributed by atoms with Crippen LogP contribution in [-0.4, -0.2) is 50.1 Å². The fourth-order valence-electron chi connectivity index (χ4n) is 2.78. The summed E-state index contributed by atoms with van der Waals surface area (Å²) >= 11 is 0. The van der Waals surface area contributed by atoms with Gasteiger partial charge in [-0.3, -0.25) is 14.9 Å². The molecule has 1 atom stereocenters. The van der Waals surface area contributed by atoms with Crippen molar-refractivity contribution >= 4 is 23.5 Å². The maximum Gasteiger partial charge on any atom is 0.321 e. The standard InChI is InChI=1S/C18H26N4O4/c1-4-12(5-2)20-17(24)15-10-22(11-16(23)21-18(25)19-3)13-8-6-7-9-14(13)26-15/h6-9,12,15H,4-5,10-11H2,1-3H3,(H,20,24)(H2,19,21,23,25). The van der Waals surface area contributed by atoms with Crippen LogP contribution in [0, 0.1) is 0 Å². The molecule has 0 aliphatic carbocycles. The number of ether oxygens (including phenoxy) is 1. The van der Waals surface area contributed by atoms with Crippen molar-refractivity contribution in [3.8, 4) is 5.75 Å². The van der Waals surface area contributed by atoms with Gasteiger partial charge in [0.15, 0.2) is 6.10 Å². The lowest BCUT2D eigenvalue weighted by molar-refractivity contribution is -0.129. The van der Waals surface area contributed by atoms with Gasteiger partial charge < -0.3 is 20.3 Å². The SMILES string of the molecule is CCC(CC)NC(=O)C1CN(CC(=O)NC(=O)NC)c2ccccc2O1. The highest BCUT2D eigenvalue weighted by atomic mass is 16.5. The van der Waals surface area contributed by atoms with E-state index in [1.165, 1.54) is 7.05 Å². The first-order valence-electron chi connectivity index (χ1n) is 8.81. The number of nitrogens with one attached hydrogen (secondary N) is 3. The van der Waals surface area contributed by atoms with Gasteiger partial charge in [-0.2, -0.15) is 0 Å². The third-order valence-corrected chi connectivity index (χ3v) is 4.30. The Morgan fingerprint density at radius 3 is 2.58 bits per heavy atom. The number of carbonyl (C=O) groups is 3. The minimum atomic E-state index is -0.724. The largest absolute Gasteiger partial charge is 0.477 e. The number of imide groups is 1. The van der Waals surface area contributed by atoms with Crippen molar-refractivity contribution in [2.45, 2.75) is 38.8 Å². The molecule has 0 fully saturated rings. The van der Waals surface area contributed by atoms with Gasteiger partial charge in [-0.15, -0.1) is 0 Å². The van der Waals surface area contributed by atoms with Crippen molar-refractivity contribution in [2.75, 3.05) is 25.0 Å². The summed E-state index contributed by atoms with van der Waals surface area (Å²) in [6.45, 7) is 4.20. The van der Waals surface area contributed by atoms with E-state index < -0.39 is 18.0 Å². The number of benzene rings is 1. The number of hydrogen-bond acceptors (Lipinski definition) is 5. The number of urea groups is 1.